The molecule has 2 unspecified atom stereocenters. The molecule has 0 N–H and O–H groups in total. The van der Waals surface area contributed by atoms with Gasteiger partial charge in [-0.15, -0.1) is 23.1 Å². The highest BCUT2D eigenvalue weighted by Crippen LogP contribution is 2.50. The number of thioether (sulfide) groups is 1. The number of carbonyl (C=O) groups excluding carboxylic acids is 2. The topological polar surface area (TPSA) is 53.0 Å². The van der Waals surface area contributed by atoms with E-state index in [1.807, 2.05) is 75.8 Å². The first kappa shape index (κ1) is 20.0. The molecule has 160 valence electrons. The standard InChI is InChI=1S/C24H18ClN3O2S2/c25-16-9-7-15(8-10-16)24-18-5-2-1-4-17(18)22(29)27(24)11-12-28(24)23(30)19-14-32-21(26-19)20-6-3-13-31-20/h1-10,13,19H,11-12,14H2. The van der Waals surface area contributed by atoms with Gasteiger partial charge in [-0.25, -0.2) is 0 Å². The third-order valence-electron chi connectivity index (χ3n) is 6.29. The van der Waals surface area contributed by atoms with Crippen LogP contribution in [-0.2, 0) is 10.5 Å². The van der Waals surface area contributed by atoms with Gasteiger partial charge in [0.05, 0.1) is 4.88 Å². The summed E-state index contributed by atoms with van der Waals surface area (Å²) in [4.78, 5) is 36.8. The summed E-state index contributed by atoms with van der Waals surface area (Å²) in [5.41, 5.74) is 1.37. The average Bonchev–Trinajstić information content (AvgIpc) is 3.60. The Bertz CT molecular complexity index is 1260. The Morgan fingerprint density at radius 3 is 2.66 bits per heavy atom. The number of rotatable bonds is 3. The molecule has 32 heavy (non-hydrogen) atoms. The van der Waals surface area contributed by atoms with Crippen molar-refractivity contribution in [3.8, 4) is 0 Å². The number of amides is 2. The lowest BCUT2D eigenvalue weighted by Gasteiger charge is -2.41. The molecule has 3 aromatic rings. The van der Waals surface area contributed by atoms with Crippen molar-refractivity contribution in [1.82, 2.24) is 9.80 Å². The molecule has 6 rings (SSSR count). The molecule has 0 saturated carbocycles. The van der Waals surface area contributed by atoms with E-state index in [-0.39, 0.29) is 11.8 Å². The van der Waals surface area contributed by atoms with Gasteiger partial charge >= 0.3 is 0 Å². The van der Waals surface area contributed by atoms with Gasteiger partial charge in [0.2, 0.25) is 0 Å². The van der Waals surface area contributed by atoms with Crippen molar-refractivity contribution in [3.05, 3.63) is 92.6 Å². The number of thiophene rings is 1. The van der Waals surface area contributed by atoms with E-state index in [4.69, 9.17) is 16.6 Å². The number of hydrogen-bond acceptors (Lipinski definition) is 5. The molecule has 8 heteroatoms. The summed E-state index contributed by atoms with van der Waals surface area (Å²) < 4.78 is 0. The molecule has 4 heterocycles. The molecule has 3 aliphatic heterocycles. The van der Waals surface area contributed by atoms with Crippen LogP contribution in [0, 0.1) is 0 Å². The Labute approximate surface area is 198 Å². The maximum atomic E-state index is 13.9. The first-order valence-corrected chi connectivity index (χ1v) is 12.6. The van der Waals surface area contributed by atoms with Crippen molar-refractivity contribution in [2.75, 3.05) is 18.8 Å². The van der Waals surface area contributed by atoms with Crippen molar-refractivity contribution in [2.24, 2.45) is 4.99 Å². The fourth-order valence-corrected chi connectivity index (χ4v) is 6.97. The van der Waals surface area contributed by atoms with Gasteiger partial charge in [-0.05, 0) is 29.6 Å². The van der Waals surface area contributed by atoms with E-state index in [9.17, 15) is 9.59 Å². The monoisotopic (exact) mass is 479 g/mol. The quantitative estimate of drug-likeness (QED) is 0.557. The lowest BCUT2D eigenvalue weighted by Crippen LogP contribution is -2.54. The second-order valence-electron chi connectivity index (χ2n) is 7.91. The van der Waals surface area contributed by atoms with Crippen molar-refractivity contribution in [3.63, 3.8) is 0 Å². The van der Waals surface area contributed by atoms with Gasteiger partial charge in [-0.1, -0.05) is 48.0 Å². The highest BCUT2D eigenvalue weighted by molar-refractivity contribution is 8.15. The summed E-state index contributed by atoms with van der Waals surface area (Å²) in [6.45, 7) is 0.940. The Morgan fingerprint density at radius 2 is 1.88 bits per heavy atom. The van der Waals surface area contributed by atoms with Crippen LogP contribution < -0.4 is 0 Å². The second-order valence-corrected chi connectivity index (χ2v) is 10.3. The molecule has 2 aromatic carbocycles. The maximum absolute atomic E-state index is 13.9. The van der Waals surface area contributed by atoms with Gasteiger partial charge in [0.15, 0.2) is 5.66 Å². The van der Waals surface area contributed by atoms with E-state index in [0.717, 1.165) is 21.0 Å². The highest BCUT2D eigenvalue weighted by atomic mass is 35.5. The van der Waals surface area contributed by atoms with Gasteiger partial charge in [0, 0.05) is 40.6 Å². The molecule has 0 bridgehead atoms. The Morgan fingerprint density at radius 1 is 1.06 bits per heavy atom. The molecular weight excluding hydrogens is 462 g/mol. The van der Waals surface area contributed by atoms with E-state index in [0.29, 0.717) is 29.4 Å². The smallest absolute Gasteiger partial charge is 0.256 e. The van der Waals surface area contributed by atoms with Crippen LogP contribution >= 0.6 is 34.7 Å². The maximum Gasteiger partial charge on any atom is 0.256 e. The predicted octanol–water partition coefficient (Wildman–Crippen LogP) is 4.46. The van der Waals surface area contributed by atoms with Crippen LogP contribution in [0.2, 0.25) is 5.02 Å². The molecule has 2 atom stereocenters. The predicted molar refractivity (Wildman–Crippen MR) is 129 cm³/mol. The zero-order chi connectivity index (χ0) is 21.9. The van der Waals surface area contributed by atoms with E-state index in [1.54, 1.807) is 23.1 Å². The van der Waals surface area contributed by atoms with Crippen molar-refractivity contribution in [2.45, 2.75) is 11.7 Å². The van der Waals surface area contributed by atoms with Gasteiger partial charge < -0.3 is 9.80 Å². The minimum absolute atomic E-state index is 0.0468. The molecular formula is C24H18ClN3O2S2. The van der Waals surface area contributed by atoms with Gasteiger partial charge in [0.1, 0.15) is 11.1 Å². The fraction of sp³-hybridized carbons (Fsp3) is 0.208. The number of aliphatic imine (C=N–C) groups is 1. The Balaban J connectivity index is 1.47. The largest absolute Gasteiger partial charge is 0.308 e. The zero-order valence-electron chi connectivity index (χ0n) is 16.9. The van der Waals surface area contributed by atoms with Crippen LogP contribution in [-0.4, -0.2) is 51.5 Å². The SMILES string of the molecule is O=C1c2ccccc2C2(c3ccc(Cl)cc3)N1CCN2C(=O)C1CSC(c2cccs2)=N1. The van der Waals surface area contributed by atoms with E-state index in [2.05, 4.69) is 0 Å². The highest BCUT2D eigenvalue weighted by Gasteiger charge is 2.60. The molecule has 1 saturated heterocycles. The number of carbonyl (C=O) groups is 2. The van der Waals surface area contributed by atoms with Crippen molar-refractivity contribution < 1.29 is 9.59 Å². The van der Waals surface area contributed by atoms with E-state index >= 15 is 0 Å². The molecule has 2 amide bonds. The third kappa shape index (κ3) is 2.74. The normalized spacial score (nSPS) is 24.0. The van der Waals surface area contributed by atoms with E-state index in [1.165, 1.54) is 0 Å². The molecule has 1 aromatic heterocycles. The number of nitrogens with zero attached hydrogens (tertiary/aromatic N) is 3. The van der Waals surface area contributed by atoms with Crippen LogP contribution in [0.5, 0.6) is 0 Å². The summed E-state index contributed by atoms with van der Waals surface area (Å²) in [5.74, 6) is 0.509. The first-order chi connectivity index (χ1) is 15.6. The number of halogens is 1. The van der Waals surface area contributed by atoms with Crippen LogP contribution in [0.1, 0.15) is 26.4 Å². The van der Waals surface area contributed by atoms with Crippen molar-refractivity contribution in [1.29, 1.82) is 0 Å². The third-order valence-corrected chi connectivity index (χ3v) is 8.63. The summed E-state index contributed by atoms with van der Waals surface area (Å²) in [5, 5.41) is 3.54. The Hall–Kier alpha value is -2.61. The zero-order valence-corrected chi connectivity index (χ0v) is 19.3. The van der Waals surface area contributed by atoms with Gasteiger partial charge in [0.25, 0.3) is 11.8 Å². The van der Waals surface area contributed by atoms with Crippen LogP contribution in [0.25, 0.3) is 0 Å². The molecule has 1 fully saturated rings. The molecule has 0 spiro atoms. The molecule has 3 aliphatic rings. The van der Waals surface area contributed by atoms with Gasteiger partial charge in [-0.2, -0.15) is 0 Å². The summed E-state index contributed by atoms with van der Waals surface area (Å²) in [7, 11) is 0. The summed E-state index contributed by atoms with van der Waals surface area (Å²) in [6.07, 6.45) is 0. The fourth-order valence-electron chi connectivity index (χ4n) is 4.96. The lowest BCUT2D eigenvalue weighted by atomic mass is 9.89. The Kier molecular flexibility index (Phi) is 4.68. The second kappa shape index (κ2) is 7.47. The van der Waals surface area contributed by atoms with Crippen LogP contribution in [0.4, 0.5) is 0 Å². The number of fused-ring (bicyclic) bond motifs is 3. The summed E-state index contributed by atoms with van der Waals surface area (Å²) >= 11 is 9.42. The van der Waals surface area contributed by atoms with Crippen LogP contribution in [0.15, 0.2) is 71.0 Å². The first-order valence-electron chi connectivity index (χ1n) is 10.3. The minimum Gasteiger partial charge on any atom is -0.308 e. The molecule has 0 radical (unpaired) electrons. The number of hydrogen-bond donors (Lipinski definition) is 0. The lowest BCUT2D eigenvalue weighted by molar-refractivity contribution is -0.137. The summed E-state index contributed by atoms with van der Waals surface area (Å²) in [6, 6.07) is 18.6. The molecule has 0 aliphatic carbocycles. The van der Waals surface area contributed by atoms with Gasteiger partial charge in [-0.3, -0.25) is 14.6 Å². The van der Waals surface area contributed by atoms with Crippen LogP contribution in [0.3, 0.4) is 0 Å². The van der Waals surface area contributed by atoms with Crippen molar-refractivity contribution >= 4 is 51.6 Å². The average molecular weight is 480 g/mol. The number of benzene rings is 2. The molecule has 5 nitrogen and oxygen atoms in total. The minimum atomic E-state index is -0.971. The van der Waals surface area contributed by atoms with E-state index < -0.39 is 11.7 Å².